The minimum atomic E-state index is -1.08. The monoisotopic (exact) mass is 267 g/mol. The maximum Gasteiger partial charge on any atom is 0.309 e. The van der Waals surface area contributed by atoms with E-state index in [9.17, 15) is 14.9 Å². The molecule has 0 aliphatic rings. The Morgan fingerprint density at radius 3 is 2.58 bits per heavy atom. The molecule has 0 N–H and O–H groups in total. The zero-order valence-electron chi connectivity index (χ0n) is 11.6. The Bertz CT molecular complexity index is 530. The molecule has 19 heavy (non-hydrogen) atoms. The zero-order chi connectivity index (χ0) is 14.8. The summed E-state index contributed by atoms with van der Waals surface area (Å²) >= 11 is 0. The smallest absolute Gasteiger partial charge is 0.309 e. The SMILES string of the molecule is Cc1nn(C(C)(C)C(=O)/N=C/N(C)C)cc1[N+](=O)[O-]. The first-order chi connectivity index (χ1) is 8.66. The molecule has 0 aliphatic carbocycles. The Labute approximate surface area is 110 Å². The lowest BCUT2D eigenvalue weighted by Gasteiger charge is -2.20. The summed E-state index contributed by atoms with van der Waals surface area (Å²) in [5.74, 6) is -0.432. The van der Waals surface area contributed by atoms with Crippen molar-refractivity contribution in [2.75, 3.05) is 14.1 Å². The highest BCUT2D eigenvalue weighted by Crippen LogP contribution is 2.22. The van der Waals surface area contributed by atoms with Crippen LogP contribution in [0.1, 0.15) is 19.5 Å². The zero-order valence-corrected chi connectivity index (χ0v) is 11.6. The molecule has 1 amide bonds. The molecule has 0 bridgehead atoms. The van der Waals surface area contributed by atoms with Crippen LogP contribution < -0.4 is 0 Å². The Morgan fingerprint density at radius 2 is 2.16 bits per heavy atom. The first-order valence-corrected chi connectivity index (χ1v) is 5.62. The van der Waals surface area contributed by atoms with Crippen molar-refractivity contribution in [3.8, 4) is 0 Å². The fourth-order valence-electron chi connectivity index (χ4n) is 1.34. The number of aryl methyl sites for hydroxylation is 1. The summed E-state index contributed by atoms with van der Waals surface area (Å²) in [6, 6.07) is 0. The van der Waals surface area contributed by atoms with Gasteiger partial charge in [-0.2, -0.15) is 5.10 Å². The predicted molar refractivity (Wildman–Crippen MR) is 70.1 cm³/mol. The average molecular weight is 267 g/mol. The first-order valence-electron chi connectivity index (χ1n) is 5.62. The van der Waals surface area contributed by atoms with E-state index in [0.29, 0.717) is 0 Å². The summed E-state index contributed by atoms with van der Waals surface area (Å²) in [5, 5.41) is 14.8. The van der Waals surface area contributed by atoms with Crippen LogP contribution in [0.4, 0.5) is 5.69 Å². The largest absolute Gasteiger partial charge is 0.369 e. The number of rotatable bonds is 4. The Morgan fingerprint density at radius 1 is 1.58 bits per heavy atom. The molecule has 0 fully saturated rings. The summed E-state index contributed by atoms with van der Waals surface area (Å²) in [4.78, 5) is 27.7. The predicted octanol–water partition coefficient (Wildman–Crippen LogP) is 0.951. The van der Waals surface area contributed by atoms with Gasteiger partial charge in [-0.25, -0.2) is 4.99 Å². The fourth-order valence-corrected chi connectivity index (χ4v) is 1.34. The number of carbonyl (C=O) groups excluding carboxylic acids is 1. The highest BCUT2D eigenvalue weighted by molar-refractivity contribution is 5.89. The molecular formula is C11H17N5O3. The molecule has 104 valence electrons. The molecule has 0 unspecified atom stereocenters. The van der Waals surface area contributed by atoms with Gasteiger partial charge in [-0.3, -0.25) is 19.6 Å². The maximum atomic E-state index is 12.0. The molecule has 0 saturated carbocycles. The second-order valence-electron chi connectivity index (χ2n) is 4.87. The number of aromatic nitrogens is 2. The lowest BCUT2D eigenvalue weighted by Crippen LogP contribution is -2.35. The summed E-state index contributed by atoms with van der Waals surface area (Å²) in [7, 11) is 3.49. The molecule has 0 aliphatic heterocycles. The van der Waals surface area contributed by atoms with E-state index in [0.717, 1.165) is 0 Å². The van der Waals surface area contributed by atoms with Crippen LogP contribution in [0.15, 0.2) is 11.2 Å². The van der Waals surface area contributed by atoms with E-state index < -0.39 is 16.4 Å². The van der Waals surface area contributed by atoms with E-state index in [1.807, 2.05) is 0 Å². The van der Waals surface area contributed by atoms with Gasteiger partial charge in [0.2, 0.25) is 0 Å². The van der Waals surface area contributed by atoms with Crippen LogP contribution in [0.2, 0.25) is 0 Å². The third-order valence-corrected chi connectivity index (χ3v) is 2.57. The number of amides is 1. The van der Waals surface area contributed by atoms with Crippen LogP contribution >= 0.6 is 0 Å². The third kappa shape index (κ3) is 3.15. The minimum Gasteiger partial charge on any atom is -0.369 e. The number of nitro groups is 1. The van der Waals surface area contributed by atoms with Gasteiger partial charge in [0.1, 0.15) is 17.4 Å². The number of aliphatic imine (C=N–C) groups is 1. The number of carbonyl (C=O) groups is 1. The van der Waals surface area contributed by atoms with Gasteiger partial charge in [0.05, 0.1) is 11.3 Å². The summed E-state index contributed by atoms with van der Waals surface area (Å²) in [6.07, 6.45) is 2.63. The van der Waals surface area contributed by atoms with Crippen molar-refractivity contribution < 1.29 is 9.72 Å². The Balaban J connectivity index is 3.09. The standard InChI is InChI=1S/C11H17N5O3/c1-8-9(16(18)19)6-15(13-8)11(2,3)10(17)12-7-14(4)5/h6-7H,1-5H3/b12-7+. The fraction of sp³-hybridized carbons (Fsp3) is 0.545. The van der Waals surface area contributed by atoms with Crippen molar-refractivity contribution in [2.45, 2.75) is 26.3 Å². The second kappa shape index (κ2) is 5.17. The molecule has 1 aromatic rings. The highest BCUT2D eigenvalue weighted by atomic mass is 16.6. The van der Waals surface area contributed by atoms with Gasteiger partial charge < -0.3 is 4.90 Å². The van der Waals surface area contributed by atoms with E-state index in [-0.39, 0.29) is 11.4 Å². The van der Waals surface area contributed by atoms with E-state index in [1.54, 1.807) is 32.8 Å². The van der Waals surface area contributed by atoms with E-state index in [1.165, 1.54) is 24.1 Å². The van der Waals surface area contributed by atoms with Crippen molar-refractivity contribution in [1.29, 1.82) is 0 Å². The molecular weight excluding hydrogens is 250 g/mol. The van der Waals surface area contributed by atoms with Crippen molar-refractivity contribution >= 4 is 17.9 Å². The highest BCUT2D eigenvalue weighted by Gasteiger charge is 2.32. The van der Waals surface area contributed by atoms with Gasteiger partial charge in [-0.15, -0.1) is 0 Å². The molecule has 8 heteroatoms. The van der Waals surface area contributed by atoms with Crippen LogP contribution in [0.5, 0.6) is 0 Å². The van der Waals surface area contributed by atoms with Gasteiger partial charge in [0.25, 0.3) is 5.91 Å². The second-order valence-corrected chi connectivity index (χ2v) is 4.87. The van der Waals surface area contributed by atoms with Crippen molar-refractivity contribution in [1.82, 2.24) is 14.7 Å². The quantitative estimate of drug-likeness (QED) is 0.350. The Kier molecular flexibility index (Phi) is 4.03. The van der Waals surface area contributed by atoms with Crippen LogP contribution in [0.25, 0.3) is 0 Å². The van der Waals surface area contributed by atoms with Gasteiger partial charge in [0.15, 0.2) is 0 Å². The molecule has 8 nitrogen and oxygen atoms in total. The summed E-state index contributed by atoms with van der Waals surface area (Å²) < 4.78 is 1.27. The molecule has 1 aromatic heterocycles. The van der Waals surface area contributed by atoms with Gasteiger partial charge in [0, 0.05) is 14.1 Å². The van der Waals surface area contributed by atoms with Gasteiger partial charge >= 0.3 is 5.69 Å². The topological polar surface area (TPSA) is 93.6 Å². The van der Waals surface area contributed by atoms with E-state index in [4.69, 9.17) is 0 Å². The van der Waals surface area contributed by atoms with Crippen LogP contribution in [0.3, 0.4) is 0 Å². The van der Waals surface area contributed by atoms with Crippen molar-refractivity contribution in [3.63, 3.8) is 0 Å². The van der Waals surface area contributed by atoms with E-state index >= 15 is 0 Å². The normalized spacial score (nSPS) is 11.8. The molecule has 0 spiro atoms. The van der Waals surface area contributed by atoms with Crippen molar-refractivity contribution in [2.24, 2.45) is 4.99 Å². The van der Waals surface area contributed by atoms with Gasteiger partial charge in [-0.05, 0) is 20.8 Å². The van der Waals surface area contributed by atoms with Crippen LogP contribution in [0, 0.1) is 17.0 Å². The Hall–Kier alpha value is -2.25. The first kappa shape index (κ1) is 14.8. The molecule has 0 aromatic carbocycles. The van der Waals surface area contributed by atoms with E-state index in [2.05, 4.69) is 10.1 Å². The lowest BCUT2D eigenvalue weighted by atomic mass is 10.1. The number of nitrogens with zero attached hydrogens (tertiary/aromatic N) is 5. The molecule has 0 saturated heterocycles. The molecule has 1 heterocycles. The average Bonchev–Trinajstić information content (AvgIpc) is 2.68. The summed E-state index contributed by atoms with van der Waals surface area (Å²) in [5.41, 5.74) is -0.925. The lowest BCUT2D eigenvalue weighted by molar-refractivity contribution is -0.385. The third-order valence-electron chi connectivity index (χ3n) is 2.57. The molecule has 1 rings (SSSR count). The van der Waals surface area contributed by atoms with Gasteiger partial charge in [-0.1, -0.05) is 0 Å². The number of hydrogen-bond acceptors (Lipinski definition) is 4. The molecule has 0 atom stereocenters. The van der Waals surface area contributed by atoms with Crippen molar-refractivity contribution in [3.05, 3.63) is 22.0 Å². The minimum absolute atomic E-state index is 0.113. The number of hydrogen-bond donors (Lipinski definition) is 0. The van der Waals surface area contributed by atoms with Crippen LogP contribution in [-0.4, -0.2) is 45.9 Å². The van der Waals surface area contributed by atoms with Crippen LogP contribution in [-0.2, 0) is 10.3 Å². The molecule has 0 radical (unpaired) electrons. The maximum absolute atomic E-state index is 12.0. The summed E-state index contributed by atoms with van der Waals surface area (Å²) in [6.45, 7) is 4.75.